The summed E-state index contributed by atoms with van der Waals surface area (Å²) in [4.78, 5) is 23.3. The molecule has 0 saturated heterocycles. The summed E-state index contributed by atoms with van der Waals surface area (Å²) in [5.41, 5.74) is 0.709. The molecule has 0 radical (unpaired) electrons. The van der Waals surface area contributed by atoms with Crippen molar-refractivity contribution in [2.24, 2.45) is 0 Å². The fraction of sp³-hybridized carbons (Fsp3) is 0.235. The van der Waals surface area contributed by atoms with Gasteiger partial charge < -0.3 is 14.8 Å². The van der Waals surface area contributed by atoms with Gasteiger partial charge in [-0.15, -0.1) is 0 Å². The monoisotopic (exact) mass is 327 g/mol. The van der Waals surface area contributed by atoms with Crippen LogP contribution in [0.2, 0.25) is 0 Å². The number of nitrogens with zero attached hydrogens (tertiary/aromatic N) is 2. The molecule has 124 valence electrons. The number of aromatic nitrogens is 2. The number of benzene rings is 1. The van der Waals surface area contributed by atoms with Crippen LogP contribution in [0.1, 0.15) is 12.0 Å². The van der Waals surface area contributed by atoms with Gasteiger partial charge in [-0.25, -0.2) is 4.68 Å². The Morgan fingerprint density at radius 2 is 2.17 bits per heavy atom. The predicted molar refractivity (Wildman–Crippen MR) is 87.7 cm³/mol. The molecule has 1 aliphatic rings. The summed E-state index contributed by atoms with van der Waals surface area (Å²) in [5.74, 6) is 1.20. The van der Waals surface area contributed by atoms with Gasteiger partial charge in [0.15, 0.2) is 11.5 Å². The van der Waals surface area contributed by atoms with E-state index in [2.05, 4.69) is 10.4 Å². The third-order valence-corrected chi connectivity index (χ3v) is 3.46. The largest absolute Gasteiger partial charge is 0.454 e. The third kappa shape index (κ3) is 4.01. The maximum absolute atomic E-state index is 11.8. The molecule has 0 aliphatic carbocycles. The first-order chi connectivity index (χ1) is 11.7. The first kappa shape index (κ1) is 15.8. The molecule has 3 rings (SSSR count). The van der Waals surface area contributed by atoms with E-state index in [-0.39, 0.29) is 18.3 Å². The molecule has 7 nitrogen and oxygen atoms in total. The lowest BCUT2D eigenvalue weighted by molar-refractivity contribution is -0.116. The molecule has 7 heteroatoms. The molecular formula is C17H17N3O4. The molecule has 0 saturated carbocycles. The molecule has 1 aromatic heterocycles. The molecule has 1 N–H and O–H groups in total. The minimum atomic E-state index is -0.193. The first-order valence-electron chi connectivity index (χ1n) is 7.60. The fourth-order valence-corrected chi connectivity index (χ4v) is 2.24. The summed E-state index contributed by atoms with van der Waals surface area (Å²) in [6.07, 6.45) is 5.36. The maximum atomic E-state index is 11.8. The molecule has 0 fully saturated rings. The highest BCUT2D eigenvalue weighted by Gasteiger charge is 2.12. The molecule has 0 bridgehead atoms. The van der Waals surface area contributed by atoms with Crippen LogP contribution < -0.4 is 20.3 Å². The van der Waals surface area contributed by atoms with E-state index in [1.807, 2.05) is 18.2 Å². The van der Waals surface area contributed by atoms with Gasteiger partial charge in [0.1, 0.15) is 0 Å². The van der Waals surface area contributed by atoms with Crippen molar-refractivity contribution in [3.05, 3.63) is 58.5 Å². The second-order valence-electron chi connectivity index (χ2n) is 5.18. The van der Waals surface area contributed by atoms with Gasteiger partial charge in [-0.3, -0.25) is 9.59 Å². The number of aryl methyl sites for hydroxylation is 1. The number of rotatable bonds is 6. The van der Waals surface area contributed by atoms with Gasteiger partial charge >= 0.3 is 0 Å². The first-order valence-corrected chi connectivity index (χ1v) is 7.60. The quantitative estimate of drug-likeness (QED) is 0.637. The van der Waals surface area contributed by atoms with Crippen LogP contribution in [0.3, 0.4) is 0 Å². The molecule has 0 atom stereocenters. The molecule has 2 heterocycles. The number of amides is 1. The van der Waals surface area contributed by atoms with Crippen LogP contribution in [0.5, 0.6) is 11.5 Å². The Kier molecular flexibility index (Phi) is 4.90. The number of hydrogen-bond acceptors (Lipinski definition) is 5. The lowest BCUT2D eigenvalue weighted by Gasteiger charge is -2.04. The Bertz CT molecular complexity index is 813. The van der Waals surface area contributed by atoms with Crippen molar-refractivity contribution < 1.29 is 14.3 Å². The van der Waals surface area contributed by atoms with E-state index < -0.39 is 0 Å². The Morgan fingerprint density at radius 3 is 3.04 bits per heavy atom. The predicted octanol–water partition coefficient (Wildman–Crippen LogP) is 1.19. The highest BCUT2D eigenvalue weighted by molar-refractivity contribution is 5.91. The van der Waals surface area contributed by atoms with E-state index in [9.17, 15) is 9.59 Å². The fourth-order valence-electron chi connectivity index (χ4n) is 2.24. The van der Waals surface area contributed by atoms with Crippen LogP contribution in [-0.2, 0) is 11.3 Å². The van der Waals surface area contributed by atoms with Gasteiger partial charge in [0.2, 0.25) is 12.7 Å². The number of hydrogen-bond donors (Lipinski definition) is 1. The second-order valence-corrected chi connectivity index (χ2v) is 5.18. The summed E-state index contributed by atoms with van der Waals surface area (Å²) in [7, 11) is 0. The zero-order chi connectivity index (χ0) is 16.8. The zero-order valence-corrected chi connectivity index (χ0v) is 13.0. The maximum Gasteiger partial charge on any atom is 0.266 e. The lowest BCUT2D eigenvalue weighted by atomic mass is 10.2. The summed E-state index contributed by atoms with van der Waals surface area (Å²) in [6, 6.07) is 8.54. The van der Waals surface area contributed by atoms with Crippen molar-refractivity contribution in [2.75, 3.05) is 13.3 Å². The van der Waals surface area contributed by atoms with Crippen molar-refractivity contribution in [1.82, 2.24) is 15.1 Å². The van der Waals surface area contributed by atoms with E-state index in [4.69, 9.17) is 9.47 Å². The van der Waals surface area contributed by atoms with Gasteiger partial charge in [-0.2, -0.15) is 5.10 Å². The van der Waals surface area contributed by atoms with Crippen molar-refractivity contribution in [3.8, 4) is 11.5 Å². The van der Waals surface area contributed by atoms with Gasteiger partial charge in [0.05, 0.1) is 0 Å². The third-order valence-electron chi connectivity index (χ3n) is 3.46. The minimum absolute atomic E-state index is 0.147. The summed E-state index contributed by atoms with van der Waals surface area (Å²) >= 11 is 0. The summed E-state index contributed by atoms with van der Waals surface area (Å²) in [5, 5.41) is 6.72. The Morgan fingerprint density at radius 1 is 1.29 bits per heavy atom. The van der Waals surface area contributed by atoms with E-state index in [1.165, 1.54) is 16.8 Å². The Balaban J connectivity index is 1.44. The van der Waals surface area contributed by atoms with Crippen LogP contribution in [0.4, 0.5) is 0 Å². The van der Waals surface area contributed by atoms with Crippen LogP contribution in [-0.4, -0.2) is 29.0 Å². The summed E-state index contributed by atoms with van der Waals surface area (Å²) in [6.45, 7) is 1.15. The topological polar surface area (TPSA) is 82.4 Å². The van der Waals surface area contributed by atoms with Gasteiger partial charge in [0.25, 0.3) is 5.56 Å². The number of ether oxygens (including phenoxy) is 2. The highest BCUT2D eigenvalue weighted by Crippen LogP contribution is 2.32. The normalized spacial score (nSPS) is 12.5. The number of carbonyl (C=O) groups excluding carboxylic acids is 1. The smallest absolute Gasteiger partial charge is 0.266 e. The molecule has 1 aromatic carbocycles. The summed E-state index contributed by atoms with van der Waals surface area (Å²) < 4.78 is 11.9. The number of carbonyl (C=O) groups is 1. The van der Waals surface area contributed by atoms with E-state index in [1.54, 1.807) is 18.3 Å². The number of nitrogens with one attached hydrogen (secondary N) is 1. The molecular weight excluding hydrogens is 310 g/mol. The highest BCUT2D eigenvalue weighted by atomic mass is 16.7. The van der Waals surface area contributed by atoms with Gasteiger partial charge in [0, 0.05) is 31.4 Å². The van der Waals surface area contributed by atoms with Crippen molar-refractivity contribution in [2.45, 2.75) is 13.0 Å². The van der Waals surface area contributed by atoms with E-state index >= 15 is 0 Å². The van der Waals surface area contributed by atoms with Gasteiger partial charge in [-0.05, 0) is 36.3 Å². The Labute approximate surface area is 138 Å². The van der Waals surface area contributed by atoms with Crippen LogP contribution in [0.25, 0.3) is 6.08 Å². The molecule has 1 amide bonds. The molecule has 1 aliphatic heterocycles. The molecule has 0 unspecified atom stereocenters. The molecule has 2 aromatic rings. The van der Waals surface area contributed by atoms with Crippen LogP contribution in [0.15, 0.2) is 47.4 Å². The van der Waals surface area contributed by atoms with E-state index in [0.717, 1.165) is 5.56 Å². The Hall–Kier alpha value is -3.09. The zero-order valence-electron chi connectivity index (χ0n) is 13.0. The van der Waals surface area contributed by atoms with Crippen molar-refractivity contribution in [3.63, 3.8) is 0 Å². The van der Waals surface area contributed by atoms with Crippen LogP contribution in [0, 0.1) is 0 Å². The standard InChI is InChI=1S/C17H17N3O4/c21-16(18-8-2-10-20-17(22)3-1-9-19-20)7-5-13-4-6-14-15(11-13)24-12-23-14/h1,3-7,9,11H,2,8,10,12H2,(H,18,21)/b7-5+. The second kappa shape index (κ2) is 7.45. The lowest BCUT2D eigenvalue weighted by Crippen LogP contribution is -2.26. The van der Waals surface area contributed by atoms with Gasteiger partial charge in [-0.1, -0.05) is 6.07 Å². The average molecular weight is 327 g/mol. The van der Waals surface area contributed by atoms with Crippen LogP contribution >= 0.6 is 0 Å². The van der Waals surface area contributed by atoms with Crippen molar-refractivity contribution >= 4 is 12.0 Å². The number of fused-ring (bicyclic) bond motifs is 1. The molecule has 24 heavy (non-hydrogen) atoms. The van der Waals surface area contributed by atoms with E-state index in [0.29, 0.717) is 31.0 Å². The SMILES string of the molecule is O=C(/C=C/c1ccc2c(c1)OCO2)NCCCn1ncccc1=O. The molecule has 0 spiro atoms. The van der Waals surface area contributed by atoms with Crippen molar-refractivity contribution in [1.29, 1.82) is 0 Å². The average Bonchev–Trinajstić information content (AvgIpc) is 3.06. The minimum Gasteiger partial charge on any atom is -0.454 e.